The number of hydrogen-bond acceptors (Lipinski definition) is 4. The Morgan fingerprint density at radius 2 is 1.92 bits per heavy atom. The summed E-state index contributed by atoms with van der Waals surface area (Å²) in [6.07, 6.45) is -0.0574. The SMILES string of the molecule is CC(C)(C)OC(=O)NC1Cc2cc(Cl)cc(OS(=O)C(F)(F)F)c2C1. The number of hydrogen-bond donors (Lipinski definition) is 1. The Hall–Kier alpha value is -1.48. The zero-order chi connectivity index (χ0) is 19.0. The summed E-state index contributed by atoms with van der Waals surface area (Å²) in [7, 11) is 0. The lowest BCUT2D eigenvalue weighted by atomic mass is 10.1. The van der Waals surface area contributed by atoms with Crippen molar-refractivity contribution in [2.45, 2.75) is 50.8 Å². The van der Waals surface area contributed by atoms with Gasteiger partial charge in [-0.1, -0.05) is 11.6 Å². The second-order valence-corrected chi connectivity index (χ2v) is 8.09. The first kappa shape index (κ1) is 19.8. The molecule has 1 aromatic carbocycles. The van der Waals surface area contributed by atoms with E-state index in [0.29, 0.717) is 17.5 Å². The van der Waals surface area contributed by atoms with Gasteiger partial charge in [0.25, 0.3) is 0 Å². The number of carbonyl (C=O) groups is 1. The minimum absolute atomic E-state index is 0.158. The molecular weight excluding hydrogens is 383 g/mol. The average Bonchev–Trinajstić information content (AvgIpc) is 2.77. The fourth-order valence-corrected chi connectivity index (χ4v) is 3.08. The smallest absolute Gasteiger partial charge is 0.444 e. The van der Waals surface area contributed by atoms with E-state index < -0.39 is 28.3 Å². The molecule has 0 aromatic heterocycles. The van der Waals surface area contributed by atoms with Crippen LogP contribution >= 0.6 is 11.6 Å². The van der Waals surface area contributed by atoms with Crippen molar-refractivity contribution in [3.63, 3.8) is 0 Å². The molecule has 1 amide bonds. The second kappa shape index (κ2) is 7.03. The first-order chi connectivity index (χ1) is 11.3. The van der Waals surface area contributed by atoms with E-state index in [-0.39, 0.29) is 23.2 Å². The number of alkyl halides is 3. The molecule has 2 unspecified atom stereocenters. The fraction of sp³-hybridized carbons (Fsp3) is 0.533. The number of nitrogens with one attached hydrogen (secondary N) is 1. The summed E-state index contributed by atoms with van der Waals surface area (Å²) in [5, 5.41) is 2.81. The van der Waals surface area contributed by atoms with E-state index in [1.165, 1.54) is 6.07 Å². The van der Waals surface area contributed by atoms with Crippen molar-refractivity contribution < 1.29 is 31.1 Å². The Kier molecular flexibility index (Phi) is 5.58. The molecule has 0 radical (unpaired) electrons. The molecule has 0 heterocycles. The third-order valence-corrected chi connectivity index (χ3v) is 4.19. The van der Waals surface area contributed by atoms with Gasteiger partial charge in [-0.05, 0) is 45.2 Å². The topological polar surface area (TPSA) is 64.6 Å². The van der Waals surface area contributed by atoms with Crippen LogP contribution < -0.4 is 9.50 Å². The molecule has 0 fully saturated rings. The summed E-state index contributed by atoms with van der Waals surface area (Å²) in [6.45, 7) is 5.15. The molecule has 0 saturated carbocycles. The standard InChI is InChI=1S/C15H17ClF3NO4S/c1-14(2,3)23-13(21)20-10-5-8-4-9(16)6-12(11(8)7-10)24-25(22)15(17,18)19/h4,6,10H,5,7H2,1-3H3,(H,20,21). The van der Waals surface area contributed by atoms with Gasteiger partial charge in [-0.15, -0.1) is 0 Å². The number of carbonyl (C=O) groups excluding carboxylic acids is 1. The molecule has 2 rings (SSSR count). The largest absolute Gasteiger partial charge is 0.508 e. The summed E-state index contributed by atoms with van der Waals surface area (Å²) in [5.41, 5.74) is -4.61. The van der Waals surface area contributed by atoms with Crippen LogP contribution in [0.15, 0.2) is 12.1 Å². The van der Waals surface area contributed by atoms with Crippen molar-refractivity contribution in [3.8, 4) is 5.75 Å². The van der Waals surface area contributed by atoms with Crippen LogP contribution in [0.5, 0.6) is 5.75 Å². The highest BCUT2D eigenvalue weighted by molar-refractivity contribution is 7.81. The minimum Gasteiger partial charge on any atom is -0.444 e. The van der Waals surface area contributed by atoms with E-state index in [0.717, 1.165) is 0 Å². The van der Waals surface area contributed by atoms with Gasteiger partial charge in [0.05, 0.1) is 0 Å². The number of halogens is 4. The summed E-state index contributed by atoms with van der Waals surface area (Å²) < 4.78 is 58.3. The lowest BCUT2D eigenvalue weighted by Crippen LogP contribution is -2.39. The van der Waals surface area contributed by atoms with E-state index in [1.807, 2.05) is 0 Å². The molecule has 2 atom stereocenters. The second-order valence-electron chi connectivity index (χ2n) is 6.56. The molecule has 25 heavy (non-hydrogen) atoms. The Labute approximate surface area is 150 Å². The molecule has 0 aliphatic heterocycles. The molecule has 10 heteroatoms. The van der Waals surface area contributed by atoms with Gasteiger partial charge >= 0.3 is 22.7 Å². The van der Waals surface area contributed by atoms with Crippen molar-refractivity contribution >= 4 is 28.8 Å². The van der Waals surface area contributed by atoms with Crippen LogP contribution in [0.1, 0.15) is 31.9 Å². The molecule has 0 spiro atoms. The van der Waals surface area contributed by atoms with Crippen molar-refractivity contribution in [2.75, 3.05) is 0 Å². The zero-order valence-corrected chi connectivity index (χ0v) is 15.3. The molecule has 1 N–H and O–H groups in total. The summed E-state index contributed by atoms with van der Waals surface area (Å²) in [5.74, 6) is -0.202. The minimum atomic E-state index is -5.00. The Bertz CT molecular complexity index is 703. The number of fused-ring (bicyclic) bond motifs is 1. The maximum absolute atomic E-state index is 12.5. The summed E-state index contributed by atoms with van der Waals surface area (Å²) in [6, 6.07) is 2.38. The van der Waals surface area contributed by atoms with Crippen LogP contribution in [0.3, 0.4) is 0 Å². The van der Waals surface area contributed by atoms with Gasteiger partial charge in [0.1, 0.15) is 11.4 Å². The van der Waals surface area contributed by atoms with Crippen molar-refractivity contribution in [1.29, 1.82) is 0 Å². The predicted molar refractivity (Wildman–Crippen MR) is 86.8 cm³/mol. The van der Waals surface area contributed by atoms with Crippen LogP contribution in [-0.4, -0.2) is 27.5 Å². The Morgan fingerprint density at radius 3 is 2.48 bits per heavy atom. The van der Waals surface area contributed by atoms with Crippen molar-refractivity contribution in [2.24, 2.45) is 0 Å². The molecule has 1 aromatic rings. The molecule has 140 valence electrons. The molecule has 5 nitrogen and oxygen atoms in total. The van der Waals surface area contributed by atoms with Gasteiger partial charge in [-0.3, -0.25) is 0 Å². The number of alkyl carbamates (subject to hydrolysis) is 1. The van der Waals surface area contributed by atoms with E-state index in [4.69, 9.17) is 16.3 Å². The average molecular weight is 400 g/mol. The first-order valence-electron chi connectivity index (χ1n) is 7.33. The van der Waals surface area contributed by atoms with Gasteiger partial charge < -0.3 is 14.2 Å². The van der Waals surface area contributed by atoms with E-state index >= 15 is 0 Å². The van der Waals surface area contributed by atoms with Crippen molar-refractivity contribution in [1.82, 2.24) is 5.32 Å². The van der Waals surface area contributed by atoms with E-state index in [1.54, 1.807) is 26.8 Å². The molecule has 0 saturated heterocycles. The van der Waals surface area contributed by atoms with Crippen LogP contribution in [0, 0.1) is 0 Å². The number of benzene rings is 1. The van der Waals surface area contributed by atoms with Crippen LogP contribution in [0.25, 0.3) is 0 Å². The highest BCUT2D eigenvalue weighted by Crippen LogP contribution is 2.36. The zero-order valence-electron chi connectivity index (χ0n) is 13.7. The third-order valence-electron chi connectivity index (χ3n) is 3.26. The molecule has 1 aliphatic carbocycles. The van der Waals surface area contributed by atoms with Crippen molar-refractivity contribution in [3.05, 3.63) is 28.3 Å². The monoisotopic (exact) mass is 399 g/mol. The van der Waals surface area contributed by atoms with Crippen LogP contribution in [0.4, 0.5) is 18.0 Å². The van der Waals surface area contributed by atoms with Crippen LogP contribution in [0.2, 0.25) is 5.02 Å². The fourth-order valence-electron chi connectivity index (χ4n) is 2.44. The van der Waals surface area contributed by atoms with E-state index in [9.17, 15) is 22.2 Å². The number of rotatable bonds is 3. The third kappa shape index (κ3) is 5.50. The maximum Gasteiger partial charge on any atom is 0.508 e. The Morgan fingerprint density at radius 1 is 1.28 bits per heavy atom. The normalized spacial score (nSPS) is 18.4. The lowest BCUT2D eigenvalue weighted by Gasteiger charge is -2.21. The highest BCUT2D eigenvalue weighted by Gasteiger charge is 2.41. The molecule has 1 aliphatic rings. The summed E-state index contributed by atoms with van der Waals surface area (Å²) in [4.78, 5) is 11.8. The predicted octanol–water partition coefficient (Wildman–Crippen LogP) is 3.89. The van der Waals surface area contributed by atoms with Gasteiger partial charge in [-0.2, -0.15) is 13.2 Å². The van der Waals surface area contributed by atoms with Gasteiger partial charge in [-0.25, -0.2) is 9.00 Å². The maximum atomic E-state index is 12.5. The first-order valence-corrected chi connectivity index (χ1v) is 8.78. The molecule has 0 bridgehead atoms. The Balaban J connectivity index is 2.13. The van der Waals surface area contributed by atoms with Gasteiger partial charge in [0.2, 0.25) is 0 Å². The van der Waals surface area contributed by atoms with Gasteiger partial charge in [0.15, 0.2) is 0 Å². The van der Waals surface area contributed by atoms with Crippen LogP contribution in [-0.2, 0) is 28.7 Å². The summed E-state index contributed by atoms with van der Waals surface area (Å²) >= 11 is 2.40. The number of ether oxygens (including phenoxy) is 1. The van der Waals surface area contributed by atoms with Gasteiger partial charge in [0, 0.05) is 22.7 Å². The lowest BCUT2D eigenvalue weighted by molar-refractivity contribution is -0.0437. The molecular formula is C15H17ClF3NO4S. The van der Waals surface area contributed by atoms with E-state index in [2.05, 4.69) is 9.50 Å². The number of amides is 1. The quantitative estimate of drug-likeness (QED) is 0.837. The highest BCUT2D eigenvalue weighted by atomic mass is 35.5.